The van der Waals surface area contributed by atoms with E-state index in [0.29, 0.717) is 6.54 Å². The van der Waals surface area contributed by atoms with E-state index in [1.54, 1.807) is 0 Å². The molecule has 0 radical (unpaired) electrons. The van der Waals surface area contributed by atoms with Crippen LogP contribution in [0.1, 0.15) is 0 Å². The Morgan fingerprint density at radius 3 is 2.90 bits per heavy atom. The lowest BCUT2D eigenvalue weighted by Crippen LogP contribution is -2.52. The van der Waals surface area contributed by atoms with E-state index in [1.807, 2.05) is 11.9 Å². The summed E-state index contributed by atoms with van der Waals surface area (Å²) >= 11 is 0. The number of hydrogen-bond acceptors (Lipinski definition) is 3. The molecule has 1 heterocycles. The smallest absolute Gasteiger partial charge is 0.322 e. The van der Waals surface area contributed by atoms with E-state index >= 15 is 0 Å². The molecule has 0 aromatic carbocycles. The van der Waals surface area contributed by atoms with Crippen molar-refractivity contribution in [3.63, 3.8) is 0 Å². The van der Waals surface area contributed by atoms with Gasteiger partial charge >= 0.3 is 5.97 Å². The van der Waals surface area contributed by atoms with E-state index in [-0.39, 0.29) is 6.04 Å². The largest absolute Gasteiger partial charge is 0.480 e. The molecule has 1 unspecified atom stereocenters. The fraction of sp³-hybridized carbons (Fsp3) is 0.833. The van der Waals surface area contributed by atoms with Crippen LogP contribution in [-0.4, -0.2) is 48.7 Å². The average molecular weight is 144 g/mol. The third-order valence-corrected chi connectivity index (χ3v) is 1.68. The summed E-state index contributed by atoms with van der Waals surface area (Å²) in [6, 6.07) is -0.376. The van der Waals surface area contributed by atoms with Crippen LogP contribution >= 0.6 is 0 Å². The first-order chi connectivity index (χ1) is 4.70. The second-order valence-corrected chi connectivity index (χ2v) is 2.61. The van der Waals surface area contributed by atoms with Gasteiger partial charge in [-0.25, -0.2) is 0 Å². The molecule has 4 heteroatoms. The summed E-state index contributed by atoms with van der Waals surface area (Å²) < 4.78 is 0. The van der Waals surface area contributed by atoms with Crippen molar-refractivity contribution in [1.82, 2.24) is 10.2 Å². The molecular formula is C6H12N2O2. The Kier molecular flexibility index (Phi) is 2.24. The maximum Gasteiger partial charge on any atom is 0.322 e. The molecule has 0 aliphatic carbocycles. The predicted molar refractivity (Wildman–Crippen MR) is 36.9 cm³/mol. The van der Waals surface area contributed by atoms with Gasteiger partial charge in [-0.1, -0.05) is 0 Å². The zero-order valence-corrected chi connectivity index (χ0v) is 6.00. The molecule has 1 atom stereocenters. The van der Waals surface area contributed by atoms with Crippen molar-refractivity contribution in [2.45, 2.75) is 6.04 Å². The lowest BCUT2D eigenvalue weighted by molar-refractivity contribution is -0.140. The van der Waals surface area contributed by atoms with E-state index in [0.717, 1.165) is 13.1 Å². The number of nitrogens with one attached hydrogen (secondary N) is 1. The minimum Gasteiger partial charge on any atom is -0.480 e. The first-order valence-corrected chi connectivity index (χ1v) is 3.35. The van der Waals surface area contributed by atoms with Gasteiger partial charge in [0.25, 0.3) is 0 Å². The number of carboxylic acids is 1. The van der Waals surface area contributed by atoms with Crippen molar-refractivity contribution in [2.75, 3.05) is 26.7 Å². The maximum atomic E-state index is 10.4. The van der Waals surface area contributed by atoms with Crippen molar-refractivity contribution in [3.05, 3.63) is 0 Å². The van der Waals surface area contributed by atoms with Crippen LogP contribution in [0.15, 0.2) is 0 Å². The van der Waals surface area contributed by atoms with Gasteiger partial charge in [0.05, 0.1) is 0 Å². The van der Waals surface area contributed by atoms with Gasteiger partial charge in [-0.3, -0.25) is 4.79 Å². The van der Waals surface area contributed by atoms with E-state index in [4.69, 9.17) is 5.11 Å². The topological polar surface area (TPSA) is 52.6 Å². The number of piperazine rings is 1. The fourth-order valence-electron chi connectivity index (χ4n) is 1.06. The lowest BCUT2D eigenvalue weighted by Gasteiger charge is -2.27. The number of carboxylic acid groups (broad SMARTS) is 1. The molecule has 4 nitrogen and oxygen atoms in total. The SMILES string of the molecule is CN1CCNC(C(=O)O)C1. The number of hydrogen-bond donors (Lipinski definition) is 2. The van der Waals surface area contributed by atoms with Gasteiger partial charge in [-0.05, 0) is 7.05 Å². The molecule has 0 amide bonds. The van der Waals surface area contributed by atoms with Crippen molar-refractivity contribution in [3.8, 4) is 0 Å². The Morgan fingerprint density at radius 2 is 2.50 bits per heavy atom. The van der Waals surface area contributed by atoms with Crippen LogP contribution in [0.25, 0.3) is 0 Å². The number of rotatable bonds is 1. The second kappa shape index (κ2) is 2.98. The van der Waals surface area contributed by atoms with E-state index in [2.05, 4.69) is 5.32 Å². The summed E-state index contributed by atoms with van der Waals surface area (Å²) in [5, 5.41) is 11.5. The fourth-order valence-corrected chi connectivity index (χ4v) is 1.06. The summed E-state index contributed by atoms with van der Waals surface area (Å²) in [6.07, 6.45) is 0. The predicted octanol–water partition coefficient (Wildman–Crippen LogP) is -1.03. The molecule has 0 aromatic heterocycles. The molecule has 58 valence electrons. The highest BCUT2D eigenvalue weighted by Gasteiger charge is 2.21. The van der Waals surface area contributed by atoms with Crippen molar-refractivity contribution < 1.29 is 9.90 Å². The van der Waals surface area contributed by atoms with Crippen LogP contribution in [0.2, 0.25) is 0 Å². The van der Waals surface area contributed by atoms with Crippen molar-refractivity contribution in [2.24, 2.45) is 0 Å². The zero-order valence-electron chi connectivity index (χ0n) is 6.00. The van der Waals surface area contributed by atoms with Gasteiger partial charge in [0.1, 0.15) is 6.04 Å². The monoisotopic (exact) mass is 144 g/mol. The van der Waals surface area contributed by atoms with Crippen LogP contribution in [0.4, 0.5) is 0 Å². The minimum atomic E-state index is -0.758. The summed E-state index contributed by atoms with van der Waals surface area (Å²) in [6.45, 7) is 2.31. The Bertz CT molecular complexity index is 138. The van der Waals surface area contributed by atoms with Gasteiger partial charge in [0.2, 0.25) is 0 Å². The number of nitrogens with zero attached hydrogens (tertiary/aromatic N) is 1. The number of aliphatic carboxylic acids is 1. The summed E-state index contributed by atoms with van der Waals surface area (Å²) in [7, 11) is 1.93. The van der Waals surface area contributed by atoms with Gasteiger partial charge in [0.15, 0.2) is 0 Å². The zero-order chi connectivity index (χ0) is 7.56. The molecule has 1 rings (SSSR count). The molecule has 1 saturated heterocycles. The van der Waals surface area contributed by atoms with Crippen LogP contribution in [0, 0.1) is 0 Å². The molecule has 0 aromatic rings. The van der Waals surface area contributed by atoms with Gasteiger partial charge in [0, 0.05) is 19.6 Å². The average Bonchev–Trinajstić information content (AvgIpc) is 1.88. The summed E-state index contributed by atoms with van der Waals surface area (Å²) in [5.41, 5.74) is 0. The van der Waals surface area contributed by atoms with Crippen molar-refractivity contribution in [1.29, 1.82) is 0 Å². The normalized spacial score (nSPS) is 28.3. The molecule has 0 bridgehead atoms. The van der Waals surface area contributed by atoms with Crippen LogP contribution in [0.3, 0.4) is 0 Å². The molecule has 0 saturated carbocycles. The highest BCUT2D eigenvalue weighted by Crippen LogP contribution is 1.94. The van der Waals surface area contributed by atoms with Gasteiger partial charge in [-0.15, -0.1) is 0 Å². The van der Waals surface area contributed by atoms with E-state index in [9.17, 15) is 4.79 Å². The third kappa shape index (κ3) is 1.68. The lowest BCUT2D eigenvalue weighted by atomic mass is 10.2. The first-order valence-electron chi connectivity index (χ1n) is 3.35. The van der Waals surface area contributed by atoms with Gasteiger partial charge < -0.3 is 15.3 Å². The summed E-state index contributed by atoms with van der Waals surface area (Å²) in [4.78, 5) is 12.4. The molecule has 1 aliphatic rings. The molecular weight excluding hydrogens is 132 g/mol. The quantitative estimate of drug-likeness (QED) is 0.494. The second-order valence-electron chi connectivity index (χ2n) is 2.61. The number of likely N-dealkylation sites (N-methyl/N-ethyl adjacent to an activating group) is 1. The van der Waals surface area contributed by atoms with Crippen molar-refractivity contribution >= 4 is 5.97 Å². The Hall–Kier alpha value is -0.610. The summed E-state index contributed by atoms with van der Waals surface area (Å²) in [5.74, 6) is -0.758. The highest BCUT2D eigenvalue weighted by molar-refractivity contribution is 5.73. The van der Waals surface area contributed by atoms with Gasteiger partial charge in [-0.2, -0.15) is 0 Å². The maximum absolute atomic E-state index is 10.4. The molecule has 0 spiro atoms. The molecule has 2 N–H and O–H groups in total. The van der Waals surface area contributed by atoms with Crippen LogP contribution in [-0.2, 0) is 4.79 Å². The Labute approximate surface area is 59.8 Å². The molecule has 1 fully saturated rings. The van der Waals surface area contributed by atoms with E-state index < -0.39 is 5.97 Å². The minimum absolute atomic E-state index is 0.376. The standard InChI is InChI=1S/C6H12N2O2/c1-8-3-2-7-5(4-8)6(9)10/h5,7H,2-4H2,1H3,(H,9,10). The molecule has 1 aliphatic heterocycles. The Balaban J connectivity index is 2.39. The highest BCUT2D eigenvalue weighted by atomic mass is 16.4. The number of carbonyl (C=O) groups is 1. The van der Waals surface area contributed by atoms with E-state index in [1.165, 1.54) is 0 Å². The third-order valence-electron chi connectivity index (χ3n) is 1.68. The van der Waals surface area contributed by atoms with Crippen LogP contribution < -0.4 is 5.32 Å². The van der Waals surface area contributed by atoms with Crippen LogP contribution in [0.5, 0.6) is 0 Å². The molecule has 10 heavy (non-hydrogen) atoms. The first kappa shape index (κ1) is 7.50. The Morgan fingerprint density at radius 1 is 1.80 bits per heavy atom.